The van der Waals surface area contributed by atoms with Gasteiger partial charge in [0.1, 0.15) is 0 Å². The largest absolute Gasteiger partial charge is 0.326 e. The summed E-state index contributed by atoms with van der Waals surface area (Å²) in [4.78, 5) is 2.39. The Hall–Kier alpha value is -0.120. The molecule has 0 saturated carbocycles. The maximum atomic E-state index is 5.55. The molecule has 0 atom stereocenters. The summed E-state index contributed by atoms with van der Waals surface area (Å²) in [7, 11) is 4.49. The van der Waals surface area contributed by atoms with Crippen LogP contribution < -0.4 is 5.73 Å². The number of quaternary nitrogens is 1. The zero-order valence-corrected chi connectivity index (χ0v) is 7.71. The van der Waals surface area contributed by atoms with Gasteiger partial charge in [0.25, 0.3) is 0 Å². The summed E-state index contributed by atoms with van der Waals surface area (Å²) in [6.07, 6.45) is 0. The van der Waals surface area contributed by atoms with E-state index in [9.17, 15) is 0 Å². The van der Waals surface area contributed by atoms with E-state index in [0.717, 1.165) is 13.1 Å². The summed E-state index contributed by atoms with van der Waals surface area (Å²) in [6.45, 7) is 6.91. The second-order valence-corrected chi connectivity index (χ2v) is 3.88. The topological polar surface area (TPSA) is 29.3 Å². The fraction of sp³-hybridized carbons (Fsp3) is 1.00. The molecule has 0 radical (unpaired) electrons. The van der Waals surface area contributed by atoms with Crippen molar-refractivity contribution in [2.45, 2.75) is 0 Å². The monoisotopic (exact) mass is 158 g/mol. The van der Waals surface area contributed by atoms with E-state index in [0.29, 0.717) is 0 Å². The first-order valence-corrected chi connectivity index (χ1v) is 4.38. The molecule has 0 amide bonds. The second kappa shape index (κ2) is 3.52. The zero-order chi connectivity index (χ0) is 8.32. The van der Waals surface area contributed by atoms with Gasteiger partial charge in [0, 0.05) is 19.6 Å². The van der Waals surface area contributed by atoms with Crippen LogP contribution in [-0.2, 0) is 0 Å². The van der Waals surface area contributed by atoms with E-state index in [1.165, 1.54) is 30.7 Å². The van der Waals surface area contributed by atoms with Gasteiger partial charge in [0.2, 0.25) is 0 Å². The van der Waals surface area contributed by atoms with Crippen molar-refractivity contribution in [3.63, 3.8) is 0 Å². The van der Waals surface area contributed by atoms with Gasteiger partial charge in [-0.2, -0.15) is 0 Å². The van der Waals surface area contributed by atoms with Crippen molar-refractivity contribution in [3.8, 4) is 0 Å². The van der Waals surface area contributed by atoms with Crippen LogP contribution >= 0.6 is 0 Å². The molecule has 0 aliphatic carbocycles. The van der Waals surface area contributed by atoms with E-state index in [2.05, 4.69) is 19.0 Å². The third-order valence-electron chi connectivity index (χ3n) is 2.71. The average molecular weight is 158 g/mol. The van der Waals surface area contributed by atoms with E-state index >= 15 is 0 Å². The van der Waals surface area contributed by atoms with Crippen molar-refractivity contribution in [2.75, 3.05) is 53.4 Å². The molecule has 1 aliphatic heterocycles. The molecule has 0 unspecified atom stereocenters. The lowest BCUT2D eigenvalue weighted by Gasteiger charge is -2.40. The molecule has 0 bridgehead atoms. The maximum Gasteiger partial charge on any atom is 0.0914 e. The lowest BCUT2D eigenvalue weighted by Crippen LogP contribution is -2.57. The summed E-state index contributed by atoms with van der Waals surface area (Å²) in [5.74, 6) is 0. The van der Waals surface area contributed by atoms with E-state index in [1.807, 2.05) is 0 Å². The Morgan fingerprint density at radius 2 is 1.91 bits per heavy atom. The highest BCUT2D eigenvalue weighted by molar-refractivity contribution is 4.58. The predicted octanol–water partition coefficient (Wildman–Crippen LogP) is -0.663. The van der Waals surface area contributed by atoms with Gasteiger partial charge in [-0.25, -0.2) is 0 Å². The van der Waals surface area contributed by atoms with E-state index in [1.54, 1.807) is 0 Å². The van der Waals surface area contributed by atoms with Crippen LogP contribution in [0.15, 0.2) is 0 Å². The molecule has 3 heteroatoms. The molecule has 1 fully saturated rings. The van der Waals surface area contributed by atoms with E-state index < -0.39 is 0 Å². The Bertz CT molecular complexity index is 117. The number of piperazine rings is 1. The van der Waals surface area contributed by atoms with Crippen LogP contribution in [0.25, 0.3) is 0 Å². The summed E-state index contributed by atoms with van der Waals surface area (Å²) in [6, 6.07) is 0. The molecule has 3 nitrogen and oxygen atoms in total. The van der Waals surface area contributed by atoms with Crippen molar-refractivity contribution in [1.29, 1.82) is 0 Å². The maximum absolute atomic E-state index is 5.55. The van der Waals surface area contributed by atoms with Gasteiger partial charge in [-0.05, 0) is 7.05 Å². The highest BCUT2D eigenvalue weighted by Crippen LogP contribution is 2.06. The lowest BCUT2D eigenvalue weighted by atomic mass is 10.3. The van der Waals surface area contributed by atoms with Gasteiger partial charge in [0.05, 0.1) is 26.7 Å². The van der Waals surface area contributed by atoms with Crippen LogP contribution in [0.4, 0.5) is 0 Å². The molecular formula is C8H20N3+. The number of likely N-dealkylation sites (N-methyl/N-ethyl adjacent to an activating group) is 2. The summed E-state index contributed by atoms with van der Waals surface area (Å²) < 4.78 is 1.17. The number of hydrogen-bond acceptors (Lipinski definition) is 2. The van der Waals surface area contributed by atoms with Crippen molar-refractivity contribution < 1.29 is 4.48 Å². The molecular weight excluding hydrogens is 138 g/mol. The van der Waals surface area contributed by atoms with Crippen molar-refractivity contribution in [3.05, 3.63) is 0 Å². The van der Waals surface area contributed by atoms with Crippen LogP contribution in [-0.4, -0.2) is 62.7 Å². The van der Waals surface area contributed by atoms with Gasteiger partial charge >= 0.3 is 0 Å². The number of nitrogens with zero attached hydrogens (tertiary/aromatic N) is 2. The van der Waals surface area contributed by atoms with Gasteiger partial charge < -0.3 is 10.2 Å². The third kappa shape index (κ3) is 2.43. The first-order chi connectivity index (χ1) is 5.16. The predicted molar refractivity (Wildman–Crippen MR) is 47.3 cm³/mol. The Morgan fingerprint density at radius 3 is 2.36 bits per heavy atom. The fourth-order valence-corrected chi connectivity index (χ4v) is 1.58. The minimum Gasteiger partial charge on any atom is -0.326 e. The Morgan fingerprint density at radius 1 is 1.36 bits per heavy atom. The second-order valence-electron chi connectivity index (χ2n) is 3.88. The van der Waals surface area contributed by atoms with Crippen molar-refractivity contribution in [1.82, 2.24) is 4.90 Å². The van der Waals surface area contributed by atoms with Crippen molar-refractivity contribution in [2.24, 2.45) is 5.73 Å². The van der Waals surface area contributed by atoms with Crippen LogP contribution in [0.3, 0.4) is 0 Å². The summed E-state index contributed by atoms with van der Waals surface area (Å²) in [5, 5.41) is 0. The molecule has 11 heavy (non-hydrogen) atoms. The van der Waals surface area contributed by atoms with Crippen LogP contribution in [0.2, 0.25) is 0 Å². The molecule has 0 aromatic rings. The Labute approximate surface area is 69.4 Å². The summed E-state index contributed by atoms with van der Waals surface area (Å²) >= 11 is 0. The van der Waals surface area contributed by atoms with Crippen LogP contribution in [0.1, 0.15) is 0 Å². The van der Waals surface area contributed by atoms with Gasteiger partial charge in [0.15, 0.2) is 0 Å². The average Bonchev–Trinajstić information content (AvgIpc) is 1.97. The highest BCUT2D eigenvalue weighted by Gasteiger charge is 2.25. The standard InChI is InChI=1S/C8H20N3/c1-10-4-7-11(2,6-3-9)8-5-10/h3-9H2,1-2H3/q+1. The zero-order valence-electron chi connectivity index (χ0n) is 7.71. The SMILES string of the molecule is CN1CC[N+](C)(CCN)CC1. The molecule has 2 N–H and O–H groups in total. The van der Waals surface area contributed by atoms with Crippen LogP contribution in [0, 0.1) is 0 Å². The number of hydrogen-bond donors (Lipinski definition) is 1. The molecule has 66 valence electrons. The van der Waals surface area contributed by atoms with E-state index in [-0.39, 0.29) is 0 Å². The van der Waals surface area contributed by atoms with Crippen molar-refractivity contribution >= 4 is 0 Å². The smallest absolute Gasteiger partial charge is 0.0914 e. The first kappa shape index (κ1) is 8.97. The van der Waals surface area contributed by atoms with E-state index in [4.69, 9.17) is 5.73 Å². The molecule has 1 rings (SSSR count). The molecule has 0 aromatic heterocycles. The molecule has 1 saturated heterocycles. The molecule has 1 aliphatic rings. The minimum absolute atomic E-state index is 0.820. The van der Waals surface area contributed by atoms with Gasteiger partial charge in [-0.1, -0.05) is 0 Å². The van der Waals surface area contributed by atoms with Gasteiger partial charge in [-0.15, -0.1) is 0 Å². The Balaban J connectivity index is 2.35. The number of rotatable bonds is 2. The number of nitrogens with two attached hydrogens (primary N) is 1. The first-order valence-electron chi connectivity index (χ1n) is 4.38. The Kier molecular flexibility index (Phi) is 2.87. The van der Waals surface area contributed by atoms with Gasteiger partial charge in [-0.3, -0.25) is 4.90 Å². The van der Waals surface area contributed by atoms with Crippen LogP contribution in [0.5, 0.6) is 0 Å². The normalized spacial score (nSPS) is 25.4. The molecule has 0 aromatic carbocycles. The molecule has 0 spiro atoms. The summed E-state index contributed by atoms with van der Waals surface area (Å²) in [5.41, 5.74) is 5.55. The lowest BCUT2D eigenvalue weighted by molar-refractivity contribution is -0.912. The molecule has 1 heterocycles. The fourth-order valence-electron chi connectivity index (χ4n) is 1.58. The quantitative estimate of drug-likeness (QED) is 0.540. The minimum atomic E-state index is 0.820. The highest BCUT2D eigenvalue weighted by atomic mass is 15.4. The third-order valence-corrected chi connectivity index (χ3v) is 2.71.